The number of benzene rings is 1. The van der Waals surface area contributed by atoms with E-state index in [-0.39, 0.29) is 29.7 Å². The maximum absolute atomic E-state index is 12.7. The molecule has 0 aliphatic carbocycles. The average Bonchev–Trinajstić information content (AvgIpc) is 3.31. The van der Waals surface area contributed by atoms with Gasteiger partial charge in [-0.2, -0.15) is 4.31 Å². The van der Waals surface area contributed by atoms with Gasteiger partial charge in [0, 0.05) is 19.3 Å². The summed E-state index contributed by atoms with van der Waals surface area (Å²) in [5.74, 6) is -1.23. The summed E-state index contributed by atoms with van der Waals surface area (Å²) < 4.78 is 37.2. The van der Waals surface area contributed by atoms with Gasteiger partial charge in [-0.15, -0.1) is 0 Å². The number of carbonyl (C=O) groups is 2. The highest BCUT2D eigenvalue weighted by molar-refractivity contribution is 7.89. The summed E-state index contributed by atoms with van der Waals surface area (Å²) >= 11 is 0. The molecule has 1 saturated heterocycles. The summed E-state index contributed by atoms with van der Waals surface area (Å²) in [5.41, 5.74) is 0.938. The zero-order valence-electron chi connectivity index (χ0n) is 18.2. The fourth-order valence-electron chi connectivity index (χ4n) is 3.44. The summed E-state index contributed by atoms with van der Waals surface area (Å²) in [7, 11) is -3.74. The van der Waals surface area contributed by atoms with Crippen molar-refractivity contribution in [1.82, 2.24) is 14.6 Å². The Morgan fingerprint density at radius 1 is 1.22 bits per heavy atom. The van der Waals surface area contributed by atoms with Crippen molar-refractivity contribution < 1.29 is 27.5 Å². The molecule has 0 radical (unpaired) electrons. The van der Waals surface area contributed by atoms with Crippen LogP contribution in [0.15, 0.2) is 47.5 Å². The Kier molecular flexibility index (Phi) is 8.05. The van der Waals surface area contributed by atoms with Crippen molar-refractivity contribution in [3.63, 3.8) is 0 Å². The molecule has 2 atom stereocenters. The quantitative estimate of drug-likeness (QED) is 0.551. The van der Waals surface area contributed by atoms with Crippen LogP contribution < -0.4 is 5.32 Å². The van der Waals surface area contributed by atoms with Crippen LogP contribution in [0, 0.1) is 0 Å². The van der Waals surface area contributed by atoms with Gasteiger partial charge >= 0.3 is 5.97 Å². The van der Waals surface area contributed by atoms with E-state index in [1.54, 1.807) is 0 Å². The van der Waals surface area contributed by atoms with Crippen LogP contribution in [0.4, 0.5) is 0 Å². The smallest absolute Gasteiger partial charge is 0.355 e. The molecule has 1 aliphatic rings. The second-order valence-electron chi connectivity index (χ2n) is 7.57. The summed E-state index contributed by atoms with van der Waals surface area (Å²) in [6.07, 6.45) is 1.82. The summed E-state index contributed by atoms with van der Waals surface area (Å²) in [5, 5.41) is 2.92. The van der Waals surface area contributed by atoms with Gasteiger partial charge in [-0.1, -0.05) is 43.7 Å². The maximum Gasteiger partial charge on any atom is 0.355 e. The molecule has 0 bridgehead atoms. The number of amides is 1. The lowest BCUT2D eigenvalue weighted by atomic mass is 10.0. The summed E-state index contributed by atoms with van der Waals surface area (Å²) in [4.78, 5) is 27.7. The van der Waals surface area contributed by atoms with Crippen LogP contribution >= 0.6 is 0 Å². The maximum atomic E-state index is 12.7. The first-order chi connectivity index (χ1) is 15.3. The van der Waals surface area contributed by atoms with Gasteiger partial charge in [0.15, 0.2) is 6.10 Å². The highest BCUT2D eigenvalue weighted by Crippen LogP contribution is 2.20. The van der Waals surface area contributed by atoms with E-state index in [9.17, 15) is 18.0 Å². The van der Waals surface area contributed by atoms with Crippen LogP contribution in [0.5, 0.6) is 0 Å². The Hall–Kier alpha value is -2.69. The molecule has 0 saturated carbocycles. The van der Waals surface area contributed by atoms with E-state index in [1.807, 2.05) is 37.3 Å². The number of aromatic nitrogens is 1. The number of H-pyrrole nitrogens is 1. The average molecular weight is 464 g/mol. The van der Waals surface area contributed by atoms with Crippen molar-refractivity contribution in [2.24, 2.45) is 0 Å². The van der Waals surface area contributed by atoms with E-state index in [2.05, 4.69) is 10.3 Å². The highest BCUT2D eigenvalue weighted by Gasteiger charge is 2.29. The molecule has 2 aromatic rings. The lowest BCUT2D eigenvalue weighted by Gasteiger charge is -2.25. The number of esters is 1. The van der Waals surface area contributed by atoms with Crippen molar-refractivity contribution in [3.05, 3.63) is 53.9 Å². The third-order valence-electron chi connectivity index (χ3n) is 5.23. The molecule has 10 heteroatoms. The zero-order valence-corrected chi connectivity index (χ0v) is 19.1. The van der Waals surface area contributed by atoms with Gasteiger partial charge in [0.2, 0.25) is 10.0 Å². The molecule has 2 heterocycles. The Morgan fingerprint density at radius 3 is 2.56 bits per heavy atom. The molecular formula is C22H29N3O6S. The molecule has 174 valence electrons. The second kappa shape index (κ2) is 10.8. The standard InChI is InChI=1S/C22H29N3O6S/c1-3-7-19(17-8-5-4-6-9-17)24-21(26)16(2)31-22(27)20-14-18(15-23-20)32(28,29)25-10-12-30-13-11-25/h4-6,8-9,14-16,19,23H,3,7,10-13H2,1-2H3,(H,24,26). The fourth-order valence-corrected chi connectivity index (χ4v) is 4.84. The number of hydrogen-bond acceptors (Lipinski definition) is 6. The van der Waals surface area contributed by atoms with Crippen molar-refractivity contribution in [2.45, 2.75) is 43.7 Å². The first-order valence-corrected chi connectivity index (χ1v) is 12.1. The minimum absolute atomic E-state index is 0.0319. The number of ether oxygens (including phenoxy) is 2. The van der Waals surface area contributed by atoms with Crippen LogP contribution in [0.1, 0.15) is 48.8 Å². The molecule has 2 N–H and O–H groups in total. The van der Waals surface area contributed by atoms with Gasteiger partial charge in [-0.25, -0.2) is 13.2 Å². The number of rotatable bonds is 9. The Labute approximate surface area is 188 Å². The predicted molar refractivity (Wildman–Crippen MR) is 117 cm³/mol. The molecule has 1 amide bonds. The van der Waals surface area contributed by atoms with Crippen molar-refractivity contribution >= 4 is 21.9 Å². The van der Waals surface area contributed by atoms with Crippen molar-refractivity contribution in [2.75, 3.05) is 26.3 Å². The highest BCUT2D eigenvalue weighted by atomic mass is 32.2. The Morgan fingerprint density at radius 2 is 1.91 bits per heavy atom. The molecule has 1 aliphatic heterocycles. The molecule has 0 spiro atoms. The van der Waals surface area contributed by atoms with Gasteiger partial charge in [0.05, 0.1) is 19.3 Å². The third-order valence-corrected chi connectivity index (χ3v) is 7.11. The summed E-state index contributed by atoms with van der Waals surface area (Å²) in [6.45, 7) is 4.67. The van der Waals surface area contributed by atoms with Crippen LogP contribution in [0.2, 0.25) is 0 Å². The molecule has 9 nitrogen and oxygen atoms in total. The van der Waals surface area contributed by atoms with E-state index >= 15 is 0 Å². The second-order valence-corrected chi connectivity index (χ2v) is 9.51. The van der Waals surface area contributed by atoms with Crippen LogP contribution in [0.3, 0.4) is 0 Å². The monoisotopic (exact) mass is 463 g/mol. The Bertz CT molecular complexity index is 1020. The molecule has 32 heavy (non-hydrogen) atoms. The fraction of sp³-hybridized carbons (Fsp3) is 0.455. The number of carbonyl (C=O) groups excluding carboxylic acids is 2. The van der Waals surface area contributed by atoms with Crippen LogP contribution in [-0.4, -0.2) is 62.0 Å². The van der Waals surface area contributed by atoms with Crippen molar-refractivity contribution in [1.29, 1.82) is 0 Å². The van der Waals surface area contributed by atoms with Crippen LogP contribution in [0.25, 0.3) is 0 Å². The topological polar surface area (TPSA) is 118 Å². The van der Waals surface area contributed by atoms with Crippen molar-refractivity contribution in [3.8, 4) is 0 Å². The minimum atomic E-state index is -3.74. The number of sulfonamides is 1. The van der Waals surface area contributed by atoms with Gasteiger partial charge in [-0.05, 0) is 25.0 Å². The van der Waals surface area contributed by atoms with Gasteiger partial charge in [-0.3, -0.25) is 4.79 Å². The van der Waals surface area contributed by atoms with E-state index < -0.39 is 28.0 Å². The molecule has 2 unspecified atom stereocenters. The van der Waals surface area contributed by atoms with E-state index in [1.165, 1.54) is 23.5 Å². The largest absolute Gasteiger partial charge is 0.448 e. The molecule has 1 aromatic heterocycles. The minimum Gasteiger partial charge on any atom is -0.448 e. The lowest BCUT2D eigenvalue weighted by molar-refractivity contribution is -0.129. The number of nitrogens with zero attached hydrogens (tertiary/aromatic N) is 1. The van der Waals surface area contributed by atoms with Gasteiger partial charge in [0.1, 0.15) is 10.6 Å². The SMILES string of the molecule is CCCC(NC(=O)C(C)OC(=O)c1cc(S(=O)(=O)N2CCOCC2)c[nH]1)c1ccccc1. The van der Waals surface area contributed by atoms with Gasteiger partial charge in [0.25, 0.3) is 5.91 Å². The number of morpholine rings is 1. The lowest BCUT2D eigenvalue weighted by Crippen LogP contribution is -2.40. The van der Waals surface area contributed by atoms with Gasteiger partial charge < -0.3 is 19.8 Å². The third kappa shape index (κ3) is 5.76. The van der Waals surface area contributed by atoms with E-state index in [4.69, 9.17) is 9.47 Å². The number of nitrogens with one attached hydrogen (secondary N) is 2. The number of aromatic amines is 1. The molecular weight excluding hydrogens is 434 g/mol. The number of hydrogen-bond donors (Lipinski definition) is 2. The molecule has 1 aromatic carbocycles. The molecule has 3 rings (SSSR count). The predicted octanol–water partition coefficient (Wildman–Crippen LogP) is 2.24. The van der Waals surface area contributed by atoms with E-state index in [0.717, 1.165) is 18.4 Å². The first-order valence-electron chi connectivity index (χ1n) is 10.7. The van der Waals surface area contributed by atoms with E-state index in [0.29, 0.717) is 13.2 Å². The first kappa shape index (κ1) is 24.0. The molecule has 1 fully saturated rings. The zero-order chi connectivity index (χ0) is 23.1. The normalized spacial score (nSPS) is 16.8. The van der Waals surface area contributed by atoms with Crippen LogP contribution in [-0.2, 0) is 24.3 Å². The Balaban J connectivity index is 1.62. The summed E-state index contributed by atoms with van der Waals surface area (Å²) in [6, 6.07) is 10.6.